The van der Waals surface area contributed by atoms with E-state index in [9.17, 15) is 4.79 Å². The molecule has 1 heterocycles. The van der Waals surface area contributed by atoms with E-state index in [0.29, 0.717) is 5.69 Å². The van der Waals surface area contributed by atoms with E-state index in [2.05, 4.69) is 22.4 Å². The zero-order valence-electron chi connectivity index (χ0n) is 10.7. The van der Waals surface area contributed by atoms with Crippen LogP contribution in [0.25, 0.3) is 0 Å². The van der Waals surface area contributed by atoms with Crippen LogP contribution in [-0.2, 0) is 6.42 Å². The molecule has 2 rings (SSSR count). The molecule has 94 valence electrons. The van der Waals surface area contributed by atoms with Crippen LogP contribution in [0.1, 0.15) is 35.1 Å². The Kier molecular flexibility index (Phi) is 3.77. The first-order valence-electron chi connectivity index (χ1n) is 6.12. The van der Waals surface area contributed by atoms with Crippen molar-refractivity contribution in [2.45, 2.75) is 26.7 Å². The van der Waals surface area contributed by atoms with Crippen molar-refractivity contribution in [1.82, 2.24) is 10.2 Å². The average molecular weight is 243 g/mol. The van der Waals surface area contributed by atoms with Crippen molar-refractivity contribution in [3.8, 4) is 0 Å². The van der Waals surface area contributed by atoms with Gasteiger partial charge in [-0.25, -0.2) is 0 Å². The Balaban J connectivity index is 2.10. The largest absolute Gasteiger partial charge is 0.320 e. The van der Waals surface area contributed by atoms with Crippen LogP contribution in [0.5, 0.6) is 0 Å². The molecule has 0 aliphatic carbocycles. The van der Waals surface area contributed by atoms with E-state index in [1.807, 2.05) is 31.2 Å². The molecule has 1 aromatic heterocycles. The van der Waals surface area contributed by atoms with Crippen molar-refractivity contribution < 1.29 is 4.79 Å². The molecule has 4 nitrogen and oxygen atoms in total. The third kappa shape index (κ3) is 2.77. The van der Waals surface area contributed by atoms with Gasteiger partial charge in [-0.05, 0) is 31.0 Å². The van der Waals surface area contributed by atoms with Gasteiger partial charge in [0.25, 0.3) is 5.91 Å². The molecule has 1 amide bonds. The van der Waals surface area contributed by atoms with E-state index in [4.69, 9.17) is 0 Å². The molecular formula is C14H17N3O. The molecule has 18 heavy (non-hydrogen) atoms. The molecular weight excluding hydrogens is 226 g/mol. The Hall–Kier alpha value is -2.10. The number of aromatic amines is 1. The van der Waals surface area contributed by atoms with Gasteiger partial charge >= 0.3 is 0 Å². The summed E-state index contributed by atoms with van der Waals surface area (Å²) in [6.07, 6.45) is 1.94. The smallest absolute Gasteiger partial charge is 0.276 e. The third-order valence-electron chi connectivity index (χ3n) is 2.78. The molecule has 2 aromatic rings. The first-order valence-corrected chi connectivity index (χ1v) is 6.12. The highest BCUT2D eigenvalue weighted by atomic mass is 16.1. The normalized spacial score (nSPS) is 10.3. The van der Waals surface area contributed by atoms with E-state index in [0.717, 1.165) is 29.8 Å². The van der Waals surface area contributed by atoms with Crippen molar-refractivity contribution in [3.05, 3.63) is 47.3 Å². The number of hydrogen-bond acceptors (Lipinski definition) is 2. The van der Waals surface area contributed by atoms with E-state index in [-0.39, 0.29) is 5.91 Å². The Labute approximate surface area is 106 Å². The van der Waals surface area contributed by atoms with Crippen LogP contribution in [-0.4, -0.2) is 16.1 Å². The Bertz CT molecular complexity index is 545. The molecule has 0 aliphatic heterocycles. The van der Waals surface area contributed by atoms with Crippen LogP contribution >= 0.6 is 0 Å². The summed E-state index contributed by atoms with van der Waals surface area (Å²) in [5.74, 6) is -0.178. The van der Waals surface area contributed by atoms with Gasteiger partial charge in [-0.2, -0.15) is 5.10 Å². The lowest BCUT2D eigenvalue weighted by Crippen LogP contribution is -2.13. The highest BCUT2D eigenvalue weighted by Crippen LogP contribution is 2.14. The number of nitrogens with zero attached hydrogens (tertiary/aromatic N) is 1. The van der Waals surface area contributed by atoms with E-state index < -0.39 is 0 Å². The molecule has 1 aromatic carbocycles. The topological polar surface area (TPSA) is 57.8 Å². The first-order chi connectivity index (χ1) is 8.70. The minimum absolute atomic E-state index is 0.178. The van der Waals surface area contributed by atoms with Crippen molar-refractivity contribution in [2.24, 2.45) is 0 Å². The monoisotopic (exact) mass is 243 g/mol. The fourth-order valence-electron chi connectivity index (χ4n) is 1.77. The quantitative estimate of drug-likeness (QED) is 0.867. The number of benzene rings is 1. The predicted molar refractivity (Wildman–Crippen MR) is 71.7 cm³/mol. The molecule has 0 unspecified atom stereocenters. The summed E-state index contributed by atoms with van der Waals surface area (Å²) >= 11 is 0. The number of H-pyrrole nitrogens is 1. The van der Waals surface area contributed by atoms with Gasteiger partial charge < -0.3 is 5.32 Å². The maximum Gasteiger partial charge on any atom is 0.276 e. The lowest BCUT2D eigenvalue weighted by Gasteiger charge is -2.05. The SMILES string of the molecule is CCCc1cc(C(=O)Nc2ccccc2C)n[nH]1. The van der Waals surface area contributed by atoms with Gasteiger partial charge in [0.2, 0.25) is 0 Å². The molecule has 0 saturated carbocycles. The van der Waals surface area contributed by atoms with Gasteiger partial charge in [0.15, 0.2) is 5.69 Å². The van der Waals surface area contributed by atoms with Crippen LogP contribution in [0.2, 0.25) is 0 Å². The number of para-hydroxylation sites is 1. The minimum atomic E-state index is -0.178. The van der Waals surface area contributed by atoms with Gasteiger partial charge in [0.1, 0.15) is 0 Å². The molecule has 4 heteroatoms. The zero-order chi connectivity index (χ0) is 13.0. The van der Waals surface area contributed by atoms with E-state index in [1.54, 1.807) is 6.07 Å². The van der Waals surface area contributed by atoms with Crippen LogP contribution in [0.4, 0.5) is 5.69 Å². The fraction of sp³-hybridized carbons (Fsp3) is 0.286. The van der Waals surface area contributed by atoms with E-state index >= 15 is 0 Å². The fourth-order valence-corrected chi connectivity index (χ4v) is 1.77. The highest BCUT2D eigenvalue weighted by Gasteiger charge is 2.11. The van der Waals surface area contributed by atoms with Crippen molar-refractivity contribution in [2.75, 3.05) is 5.32 Å². The summed E-state index contributed by atoms with van der Waals surface area (Å²) in [7, 11) is 0. The second-order valence-corrected chi connectivity index (χ2v) is 4.30. The number of carbonyl (C=O) groups is 1. The van der Waals surface area contributed by atoms with Crippen molar-refractivity contribution in [1.29, 1.82) is 0 Å². The molecule has 0 aliphatic rings. The summed E-state index contributed by atoms with van der Waals surface area (Å²) in [5, 5.41) is 9.76. The van der Waals surface area contributed by atoms with Gasteiger partial charge in [-0.3, -0.25) is 9.89 Å². The summed E-state index contributed by atoms with van der Waals surface area (Å²) in [4.78, 5) is 12.0. The van der Waals surface area contributed by atoms with Crippen LogP contribution < -0.4 is 5.32 Å². The lowest BCUT2D eigenvalue weighted by molar-refractivity contribution is 0.102. The predicted octanol–water partition coefficient (Wildman–Crippen LogP) is 2.92. The number of hydrogen-bond donors (Lipinski definition) is 2. The number of aromatic nitrogens is 2. The number of anilines is 1. The number of amides is 1. The number of aryl methyl sites for hydroxylation is 2. The molecule has 0 atom stereocenters. The molecule has 0 spiro atoms. The van der Waals surface area contributed by atoms with Crippen molar-refractivity contribution in [3.63, 3.8) is 0 Å². The van der Waals surface area contributed by atoms with E-state index in [1.165, 1.54) is 0 Å². The standard InChI is InChI=1S/C14H17N3O/c1-3-6-11-9-13(17-16-11)14(18)15-12-8-5-4-7-10(12)2/h4-5,7-9H,3,6H2,1-2H3,(H,15,18)(H,16,17). The summed E-state index contributed by atoms with van der Waals surface area (Å²) in [5.41, 5.74) is 3.28. The van der Waals surface area contributed by atoms with Gasteiger partial charge in [0, 0.05) is 11.4 Å². The Morgan fingerprint density at radius 3 is 2.89 bits per heavy atom. The first kappa shape index (κ1) is 12.4. The second-order valence-electron chi connectivity index (χ2n) is 4.30. The van der Waals surface area contributed by atoms with Crippen LogP contribution in [0.15, 0.2) is 30.3 Å². The average Bonchev–Trinajstić information content (AvgIpc) is 2.81. The zero-order valence-corrected chi connectivity index (χ0v) is 10.7. The highest BCUT2D eigenvalue weighted by molar-refractivity contribution is 6.03. The number of carbonyl (C=O) groups excluding carboxylic acids is 1. The maximum atomic E-state index is 12.0. The molecule has 0 fully saturated rings. The summed E-state index contributed by atoms with van der Waals surface area (Å²) in [6, 6.07) is 9.49. The summed E-state index contributed by atoms with van der Waals surface area (Å²) in [6.45, 7) is 4.05. The van der Waals surface area contributed by atoms with Crippen LogP contribution in [0.3, 0.4) is 0 Å². The van der Waals surface area contributed by atoms with Gasteiger partial charge in [-0.1, -0.05) is 31.5 Å². The van der Waals surface area contributed by atoms with Crippen molar-refractivity contribution >= 4 is 11.6 Å². The Morgan fingerprint density at radius 2 is 2.17 bits per heavy atom. The number of rotatable bonds is 4. The summed E-state index contributed by atoms with van der Waals surface area (Å²) < 4.78 is 0. The Morgan fingerprint density at radius 1 is 1.39 bits per heavy atom. The molecule has 0 radical (unpaired) electrons. The maximum absolute atomic E-state index is 12.0. The second kappa shape index (κ2) is 5.49. The lowest BCUT2D eigenvalue weighted by atomic mass is 10.2. The van der Waals surface area contributed by atoms with Crippen LogP contribution in [0, 0.1) is 6.92 Å². The molecule has 2 N–H and O–H groups in total. The third-order valence-corrected chi connectivity index (χ3v) is 2.78. The minimum Gasteiger partial charge on any atom is -0.320 e. The molecule has 0 bridgehead atoms. The number of nitrogens with one attached hydrogen (secondary N) is 2. The van der Waals surface area contributed by atoms with Gasteiger partial charge in [0.05, 0.1) is 0 Å². The molecule has 0 saturated heterocycles. The van der Waals surface area contributed by atoms with Gasteiger partial charge in [-0.15, -0.1) is 0 Å².